The molecule has 136 valence electrons. The lowest BCUT2D eigenvalue weighted by Crippen LogP contribution is -2.36. The predicted molar refractivity (Wildman–Crippen MR) is 99.2 cm³/mol. The summed E-state index contributed by atoms with van der Waals surface area (Å²) in [6, 6.07) is 19.8. The monoisotopic (exact) mass is 352 g/mol. The molecule has 2 aromatic rings. The molecule has 0 aliphatic carbocycles. The first-order valence-corrected chi connectivity index (χ1v) is 8.91. The third-order valence-electron chi connectivity index (χ3n) is 4.45. The average molecular weight is 352 g/mol. The normalized spacial score (nSPS) is 22.5. The number of esters is 1. The number of carbonyl (C=O) groups excluding carboxylic acids is 1. The van der Waals surface area contributed by atoms with Gasteiger partial charge in [-0.1, -0.05) is 60.7 Å². The lowest BCUT2D eigenvalue weighted by molar-refractivity contribution is -0.162. The van der Waals surface area contributed by atoms with Crippen molar-refractivity contribution in [3.8, 4) is 0 Å². The minimum absolute atomic E-state index is 0.0735. The molecule has 0 amide bonds. The summed E-state index contributed by atoms with van der Waals surface area (Å²) in [5.74, 6) is -0.812. The Hall–Kier alpha value is -2.59. The topological polar surface area (TPSA) is 55.8 Å². The van der Waals surface area contributed by atoms with Crippen molar-refractivity contribution in [2.24, 2.45) is 5.92 Å². The SMILES string of the molecule is CC(C)OC(=O)C1=C[C@H](c2ccccc2)[C@@H](Cc2ccccc2)C(O)O1. The Labute approximate surface area is 154 Å². The van der Waals surface area contributed by atoms with Crippen LogP contribution in [0, 0.1) is 5.92 Å². The molecule has 3 rings (SSSR count). The molecule has 0 aromatic heterocycles. The number of hydrogen-bond donors (Lipinski definition) is 1. The van der Waals surface area contributed by atoms with Crippen LogP contribution in [-0.2, 0) is 20.7 Å². The van der Waals surface area contributed by atoms with E-state index in [2.05, 4.69) is 0 Å². The summed E-state index contributed by atoms with van der Waals surface area (Å²) < 4.78 is 10.8. The average Bonchev–Trinajstić information content (AvgIpc) is 2.64. The molecule has 0 saturated heterocycles. The van der Waals surface area contributed by atoms with Crippen molar-refractivity contribution >= 4 is 5.97 Å². The highest BCUT2D eigenvalue weighted by molar-refractivity contribution is 5.86. The maximum absolute atomic E-state index is 12.3. The van der Waals surface area contributed by atoms with Crippen molar-refractivity contribution in [3.05, 3.63) is 83.6 Å². The highest BCUT2D eigenvalue weighted by atomic mass is 16.6. The van der Waals surface area contributed by atoms with E-state index in [0.717, 1.165) is 11.1 Å². The standard InChI is InChI=1S/C22H24O4/c1-15(2)25-22(24)20-14-18(17-11-7-4-8-12-17)19(21(23)26-20)13-16-9-5-3-6-10-16/h3-12,14-15,18-19,21,23H,13H2,1-2H3/t18-,19-,21?/m1/s1. The van der Waals surface area contributed by atoms with Crippen LogP contribution in [-0.4, -0.2) is 23.5 Å². The summed E-state index contributed by atoms with van der Waals surface area (Å²) in [6.07, 6.45) is 1.09. The van der Waals surface area contributed by atoms with E-state index in [1.165, 1.54) is 0 Å². The van der Waals surface area contributed by atoms with Gasteiger partial charge in [0.15, 0.2) is 0 Å². The molecule has 26 heavy (non-hydrogen) atoms. The lowest BCUT2D eigenvalue weighted by atomic mass is 9.80. The van der Waals surface area contributed by atoms with Crippen LogP contribution in [0.2, 0.25) is 0 Å². The third-order valence-corrected chi connectivity index (χ3v) is 4.45. The maximum Gasteiger partial charge on any atom is 0.373 e. The van der Waals surface area contributed by atoms with E-state index in [1.807, 2.05) is 60.7 Å². The van der Waals surface area contributed by atoms with Crippen LogP contribution in [0.5, 0.6) is 0 Å². The fourth-order valence-corrected chi connectivity index (χ4v) is 3.24. The summed E-state index contributed by atoms with van der Waals surface area (Å²) in [4.78, 5) is 12.3. The zero-order valence-electron chi connectivity index (χ0n) is 15.0. The first kappa shape index (κ1) is 18.2. The second-order valence-corrected chi connectivity index (χ2v) is 6.78. The Morgan fingerprint density at radius 3 is 2.31 bits per heavy atom. The highest BCUT2D eigenvalue weighted by Gasteiger charge is 2.37. The van der Waals surface area contributed by atoms with Crippen molar-refractivity contribution in [3.63, 3.8) is 0 Å². The molecule has 1 heterocycles. The van der Waals surface area contributed by atoms with Gasteiger partial charge >= 0.3 is 5.97 Å². The van der Waals surface area contributed by atoms with Gasteiger partial charge in [-0.2, -0.15) is 0 Å². The van der Waals surface area contributed by atoms with Crippen molar-refractivity contribution < 1.29 is 19.4 Å². The second-order valence-electron chi connectivity index (χ2n) is 6.78. The molecular formula is C22H24O4. The Balaban J connectivity index is 1.93. The first-order valence-electron chi connectivity index (χ1n) is 8.91. The molecule has 1 aliphatic heterocycles. The predicted octanol–water partition coefficient (Wildman–Crippen LogP) is 3.81. The van der Waals surface area contributed by atoms with Gasteiger partial charge < -0.3 is 14.6 Å². The van der Waals surface area contributed by atoms with E-state index in [9.17, 15) is 9.90 Å². The van der Waals surface area contributed by atoms with Crippen LogP contribution >= 0.6 is 0 Å². The second kappa shape index (κ2) is 8.19. The van der Waals surface area contributed by atoms with Crippen LogP contribution in [0.15, 0.2) is 72.5 Å². The number of aliphatic hydroxyl groups is 1. The fraction of sp³-hybridized carbons (Fsp3) is 0.318. The molecule has 1 unspecified atom stereocenters. The van der Waals surface area contributed by atoms with Gasteiger partial charge in [0, 0.05) is 11.8 Å². The van der Waals surface area contributed by atoms with Crippen molar-refractivity contribution in [1.82, 2.24) is 0 Å². The number of ether oxygens (including phenoxy) is 2. The number of hydrogen-bond acceptors (Lipinski definition) is 4. The zero-order valence-corrected chi connectivity index (χ0v) is 15.0. The molecular weight excluding hydrogens is 328 g/mol. The molecule has 0 radical (unpaired) electrons. The van der Waals surface area contributed by atoms with E-state index in [1.54, 1.807) is 19.9 Å². The molecule has 0 fully saturated rings. The van der Waals surface area contributed by atoms with Gasteiger partial charge in [0.2, 0.25) is 12.0 Å². The van der Waals surface area contributed by atoms with E-state index in [-0.39, 0.29) is 23.7 Å². The van der Waals surface area contributed by atoms with Gasteiger partial charge in [0.25, 0.3) is 0 Å². The smallest absolute Gasteiger partial charge is 0.373 e. The summed E-state index contributed by atoms with van der Waals surface area (Å²) in [5, 5.41) is 10.6. The first-order chi connectivity index (χ1) is 12.5. The Morgan fingerprint density at radius 2 is 1.69 bits per heavy atom. The highest BCUT2D eigenvalue weighted by Crippen LogP contribution is 2.37. The summed E-state index contributed by atoms with van der Waals surface area (Å²) >= 11 is 0. The van der Waals surface area contributed by atoms with E-state index >= 15 is 0 Å². The van der Waals surface area contributed by atoms with Crippen LogP contribution in [0.3, 0.4) is 0 Å². The van der Waals surface area contributed by atoms with Gasteiger partial charge in [-0.25, -0.2) is 4.79 Å². The quantitative estimate of drug-likeness (QED) is 0.832. The minimum Gasteiger partial charge on any atom is -0.457 e. The van der Waals surface area contributed by atoms with Crippen LogP contribution in [0.4, 0.5) is 0 Å². The molecule has 4 heteroatoms. The van der Waals surface area contributed by atoms with Crippen molar-refractivity contribution in [1.29, 1.82) is 0 Å². The van der Waals surface area contributed by atoms with Crippen molar-refractivity contribution in [2.45, 2.75) is 38.6 Å². The van der Waals surface area contributed by atoms with Crippen LogP contribution in [0.1, 0.15) is 30.9 Å². The van der Waals surface area contributed by atoms with Gasteiger partial charge in [0.1, 0.15) is 0 Å². The number of carbonyl (C=O) groups is 1. The summed E-state index contributed by atoms with van der Waals surface area (Å²) in [5.41, 5.74) is 2.15. The number of benzene rings is 2. The largest absolute Gasteiger partial charge is 0.457 e. The van der Waals surface area contributed by atoms with Gasteiger partial charge in [-0.05, 0) is 37.5 Å². The number of allylic oxidation sites excluding steroid dienone is 1. The van der Waals surface area contributed by atoms with Crippen LogP contribution in [0.25, 0.3) is 0 Å². The molecule has 0 saturated carbocycles. The molecule has 2 aromatic carbocycles. The molecule has 1 aliphatic rings. The number of aliphatic hydroxyl groups excluding tert-OH is 1. The molecule has 3 atom stereocenters. The molecule has 1 N–H and O–H groups in total. The van der Waals surface area contributed by atoms with Gasteiger partial charge in [-0.3, -0.25) is 0 Å². The third kappa shape index (κ3) is 4.33. The Bertz CT molecular complexity index is 752. The minimum atomic E-state index is -1.08. The van der Waals surface area contributed by atoms with E-state index < -0.39 is 12.3 Å². The zero-order chi connectivity index (χ0) is 18.5. The van der Waals surface area contributed by atoms with Crippen LogP contribution < -0.4 is 0 Å². The van der Waals surface area contributed by atoms with Gasteiger partial charge in [0.05, 0.1) is 6.10 Å². The van der Waals surface area contributed by atoms with E-state index in [0.29, 0.717) is 6.42 Å². The Kier molecular flexibility index (Phi) is 5.74. The Morgan fingerprint density at radius 1 is 1.08 bits per heavy atom. The summed E-state index contributed by atoms with van der Waals surface area (Å²) in [6.45, 7) is 3.56. The summed E-state index contributed by atoms with van der Waals surface area (Å²) in [7, 11) is 0. The number of rotatable bonds is 5. The van der Waals surface area contributed by atoms with Gasteiger partial charge in [-0.15, -0.1) is 0 Å². The molecule has 0 bridgehead atoms. The maximum atomic E-state index is 12.3. The lowest BCUT2D eigenvalue weighted by Gasteiger charge is -2.34. The molecule has 4 nitrogen and oxygen atoms in total. The molecule has 0 spiro atoms. The fourth-order valence-electron chi connectivity index (χ4n) is 3.24. The van der Waals surface area contributed by atoms with E-state index in [4.69, 9.17) is 9.47 Å². The van der Waals surface area contributed by atoms with Crippen molar-refractivity contribution in [2.75, 3.05) is 0 Å².